The van der Waals surface area contributed by atoms with Gasteiger partial charge in [0.05, 0.1) is 11.6 Å². The van der Waals surface area contributed by atoms with Gasteiger partial charge in [0.25, 0.3) is 0 Å². The predicted molar refractivity (Wildman–Crippen MR) is 79.6 cm³/mol. The number of hydrogen-bond acceptors (Lipinski definition) is 3. The third kappa shape index (κ3) is 4.91. The van der Waals surface area contributed by atoms with Crippen molar-refractivity contribution in [2.75, 3.05) is 25.5 Å². The largest absolute Gasteiger partial charge is 0.478 e. The van der Waals surface area contributed by atoms with Crippen LogP contribution in [0.15, 0.2) is 24.3 Å². The molecule has 6 heteroatoms. The molecule has 0 aromatic heterocycles. The first-order chi connectivity index (χ1) is 9.85. The Kier molecular flexibility index (Phi) is 5.90. The van der Waals surface area contributed by atoms with Gasteiger partial charge in [-0.1, -0.05) is 13.0 Å². The monoisotopic (exact) mass is 294 g/mol. The number of anilines is 1. The van der Waals surface area contributed by atoms with Gasteiger partial charge in [0, 0.05) is 26.7 Å². The van der Waals surface area contributed by atoms with Crippen LogP contribution in [-0.2, 0) is 9.59 Å². The smallest absolute Gasteiger partial charge is 0.328 e. The second-order valence-electron chi connectivity index (χ2n) is 4.78. The van der Waals surface area contributed by atoms with Gasteiger partial charge in [0.2, 0.25) is 5.91 Å². The Hall–Kier alpha value is -2.37. The van der Waals surface area contributed by atoms with E-state index in [-0.39, 0.29) is 11.8 Å². The molecule has 1 aromatic rings. The molecule has 1 unspecified atom stereocenters. The van der Waals surface area contributed by atoms with Crippen LogP contribution in [0.5, 0.6) is 0 Å². The van der Waals surface area contributed by atoms with E-state index in [2.05, 4.69) is 5.32 Å². The number of rotatable bonds is 6. The van der Waals surface area contributed by atoms with Crippen molar-refractivity contribution >= 4 is 23.6 Å². The quantitative estimate of drug-likeness (QED) is 0.784. The Morgan fingerprint density at radius 1 is 1.48 bits per heavy atom. The summed E-state index contributed by atoms with van der Waals surface area (Å²) in [6.45, 7) is 2.14. The van der Waals surface area contributed by atoms with Gasteiger partial charge in [-0.25, -0.2) is 9.18 Å². The zero-order chi connectivity index (χ0) is 16.0. The number of carbonyl (C=O) groups excluding carboxylic acids is 1. The molecule has 0 heterocycles. The van der Waals surface area contributed by atoms with Crippen LogP contribution in [-0.4, -0.2) is 37.6 Å². The lowest BCUT2D eigenvalue weighted by atomic mass is 10.1. The Labute approximate surface area is 123 Å². The van der Waals surface area contributed by atoms with Crippen molar-refractivity contribution in [3.63, 3.8) is 0 Å². The highest BCUT2D eigenvalue weighted by atomic mass is 19.1. The van der Waals surface area contributed by atoms with Crippen molar-refractivity contribution in [2.24, 2.45) is 5.92 Å². The van der Waals surface area contributed by atoms with Gasteiger partial charge in [-0.05, 0) is 23.8 Å². The maximum absolute atomic E-state index is 14.0. The molecule has 1 rings (SSSR count). The fraction of sp³-hybridized carbons (Fsp3) is 0.333. The van der Waals surface area contributed by atoms with Crippen molar-refractivity contribution in [1.29, 1.82) is 0 Å². The Morgan fingerprint density at radius 2 is 2.14 bits per heavy atom. The van der Waals surface area contributed by atoms with Gasteiger partial charge in [0.1, 0.15) is 5.82 Å². The fourth-order valence-corrected chi connectivity index (χ4v) is 1.94. The van der Waals surface area contributed by atoms with Gasteiger partial charge in [-0.15, -0.1) is 0 Å². The highest BCUT2D eigenvalue weighted by Gasteiger charge is 2.16. The third-order valence-corrected chi connectivity index (χ3v) is 3.04. The van der Waals surface area contributed by atoms with E-state index >= 15 is 0 Å². The molecule has 114 valence electrons. The Morgan fingerprint density at radius 3 is 2.67 bits per heavy atom. The second kappa shape index (κ2) is 7.42. The molecule has 5 nitrogen and oxygen atoms in total. The number of benzene rings is 1. The summed E-state index contributed by atoms with van der Waals surface area (Å²) < 4.78 is 14.0. The number of halogens is 1. The Bertz CT molecular complexity index is 558. The number of nitrogens with zero attached hydrogens (tertiary/aromatic N) is 1. The minimum Gasteiger partial charge on any atom is -0.478 e. The van der Waals surface area contributed by atoms with E-state index in [1.807, 2.05) is 0 Å². The third-order valence-electron chi connectivity index (χ3n) is 3.04. The lowest BCUT2D eigenvalue weighted by Crippen LogP contribution is -2.34. The number of nitrogens with one attached hydrogen (secondary N) is 1. The molecule has 0 aliphatic carbocycles. The van der Waals surface area contributed by atoms with Crippen molar-refractivity contribution in [3.05, 3.63) is 35.7 Å². The van der Waals surface area contributed by atoms with Crippen molar-refractivity contribution in [2.45, 2.75) is 6.92 Å². The summed E-state index contributed by atoms with van der Waals surface area (Å²) in [5.74, 6) is -1.93. The number of amides is 1. The average molecular weight is 294 g/mol. The zero-order valence-corrected chi connectivity index (χ0v) is 12.3. The molecule has 0 fully saturated rings. The SMILES string of the molecule is CNC(=O)C(C)CN(C)c1ccc(/C=C/C(=O)O)cc1F. The van der Waals surface area contributed by atoms with Crippen LogP contribution in [0.25, 0.3) is 6.08 Å². The molecule has 0 bridgehead atoms. The normalized spacial score (nSPS) is 12.2. The lowest BCUT2D eigenvalue weighted by Gasteiger charge is -2.23. The van der Waals surface area contributed by atoms with Crippen molar-refractivity contribution in [1.82, 2.24) is 5.32 Å². The molecule has 0 aliphatic rings. The molecule has 0 aliphatic heterocycles. The van der Waals surface area contributed by atoms with Gasteiger partial charge in [-0.3, -0.25) is 4.79 Å². The maximum atomic E-state index is 14.0. The Balaban J connectivity index is 2.84. The molecule has 2 N–H and O–H groups in total. The number of hydrogen-bond donors (Lipinski definition) is 2. The lowest BCUT2D eigenvalue weighted by molar-refractivity contribution is -0.131. The van der Waals surface area contributed by atoms with Gasteiger partial charge in [-0.2, -0.15) is 0 Å². The molecule has 21 heavy (non-hydrogen) atoms. The minimum absolute atomic E-state index is 0.108. The van der Waals surface area contributed by atoms with E-state index in [0.717, 1.165) is 6.08 Å². The van der Waals surface area contributed by atoms with E-state index in [0.29, 0.717) is 17.8 Å². The summed E-state index contributed by atoms with van der Waals surface area (Å²) in [6.07, 6.45) is 2.27. The van der Waals surface area contributed by atoms with Crippen LogP contribution in [0.1, 0.15) is 12.5 Å². The van der Waals surface area contributed by atoms with Crippen LogP contribution in [0.3, 0.4) is 0 Å². The van der Waals surface area contributed by atoms with Crippen LogP contribution in [0, 0.1) is 11.7 Å². The molecular formula is C15H19FN2O3. The van der Waals surface area contributed by atoms with Crippen LogP contribution in [0.2, 0.25) is 0 Å². The maximum Gasteiger partial charge on any atom is 0.328 e. The summed E-state index contributed by atoms with van der Waals surface area (Å²) in [4.78, 5) is 23.5. The highest BCUT2D eigenvalue weighted by Crippen LogP contribution is 2.21. The van der Waals surface area contributed by atoms with E-state index in [1.54, 1.807) is 38.1 Å². The first kappa shape index (κ1) is 16.7. The van der Waals surface area contributed by atoms with E-state index in [4.69, 9.17) is 5.11 Å². The molecule has 1 atom stereocenters. The minimum atomic E-state index is -1.09. The first-order valence-corrected chi connectivity index (χ1v) is 6.48. The van der Waals surface area contributed by atoms with Gasteiger partial charge in [0.15, 0.2) is 0 Å². The predicted octanol–water partition coefficient (Wildman–Crippen LogP) is 1.74. The zero-order valence-electron chi connectivity index (χ0n) is 12.3. The number of carbonyl (C=O) groups is 2. The van der Waals surface area contributed by atoms with Crippen LogP contribution < -0.4 is 10.2 Å². The summed E-state index contributed by atoms with van der Waals surface area (Å²) >= 11 is 0. The molecule has 0 saturated carbocycles. The summed E-state index contributed by atoms with van der Waals surface area (Å²) in [5, 5.41) is 11.1. The van der Waals surface area contributed by atoms with Crippen LogP contribution in [0.4, 0.5) is 10.1 Å². The summed E-state index contributed by atoms with van der Waals surface area (Å²) in [5.41, 5.74) is 0.824. The molecule has 1 amide bonds. The fourth-order valence-electron chi connectivity index (χ4n) is 1.94. The second-order valence-corrected chi connectivity index (χ2v) is 4.78. The van der Waals surface area contributed by atoms with Crippen LogP contribution >= 0.6 is 0 Å². The summed E-state index contributed by atoms with van der Waals surface area (Å²) in [6, 6.07) is 4.45. The summed E-state index contributed by atoms with van der Waals surface area (Å²) in [7, 11) is 3.26. The number of carboxylic acids is 1. The standard InChI is InChI=1S/C15H19FN2O3/c1-10(15(21)17-2)9-18(3)13-6-4-11(8-12(13)16)5-7-14(19)20/h4-8,10H,9H2,1-3H3,(H,17,21)(H,19,20)/b7-5+. The van der Waals surface area contributed by atoms with Gasteiger partial charge >= 0.3 is 5.97 Å². The topological polar surface area (TPSA) is 69.6 Å². The van der Waals surface area contributed by atoms with Gasteiger partial charge < -0.3 is 15.3 Å². The van der Waals surface area contributed by atoms with E-state index in [9.17, 15) is 14.0 Å². The number of aliphatic carboxylic acids is 1. The van der Waals surface area contributed by atoms with E-state index in [1.165, 1.54) is 12.1 Å². The molecule has 1 aromatic carbocycles. The highest BCUT2D eigenvalue weighted by molar-refractivity contribution is 5.85. The first-order valence-electron chi connectivity index (χ1n) is 6.48. The molecule has 0 radical (unpaired) electrons. The molecule has 0 spiro atoms. The molecule has 0 saturated heterocycles. The van der Waals surface area contributed by atoms with Crippen molar-refractivity contribution in [3.8, 4) is 0 Å². The molecular weight excluding hydrogens is 275 g/mol. The average Bonchev–Trinajstić information content (AvgIpc) is 2.43. The van der Waals surface area contributed by atoms with E-state index < -0.39 is 11.8 Å². The number of carboxylic acid groups (broad SMARTS) is 1. The van der Waals surface area contributed by atoms with Crippen molar-refractivity contribution < 1.29 is 19.1 Å².